The lowest BCUT2D eigenvalue weighted by molar-refractivity contribution is -0.120. The van der Waals surface area contributed by atoms with E-state index in [0.717, 1.165) is 29.7 Å². The highest BCUT2D eigenvalue weighted by molar-refractivity contribution is 7.92. The van der Waals surface area contributed by atoms with E-state index in [4.69, 9.17) is 0 Å². The zero-order valence-electron chi connectivity index (χ0n) is 14.6. The second kappa shape index (κ2) is 6.39. The van der Waals surface area contributed by atoms with Crippen LogP contribution in [0, 0.1) is 25.7 Å². The van der Waals surface area contributed by atoms with Crippen LogP contribution in [0.3, 0.4) is 0 Å². The number of benzene rings is 1. The minimum absolute atomic E-state index is 0.156. The van der Waals surface area contributed by atoms with Crippen LogP contribution in [-0.2, 0) is 14.8 Å². The number of hydrogen-bond donors (Lipinski definition) is 1. The predicted molar refractivity (Wildman–Crippen MR) is 95.5 cm³/mol. The van der Waals surface area contributed by atoms with Gasteiger partial charge in [-0.15, -0.1) is 0 Å². The zero-order chi connectivity index (χ0) is 17.5. The largest absolute Gasteiger partial charge is 0.352 e. The number of carbonyl (C=O) groups is 1. The number of nitrogens with zero attached hydrogens (tertiary/aromatic N) is 1. The molecule has 0 unspecified atom stereocenters. The summed E-state index contributed by atoms with van der Waals surface area (Å²) in [6.45, 7) is 3.67. The number of sulfonamides is 1. The van der Waals surface area contributed by atoms with Gasteiger partial charge in [-0.05, 0) is 62.1 Å². The van der Waals surface area contributed by atoms with Crippen LogP contribution in [0.1, 0.15) is 36.8 Å². The van der Waals surface area contributed by atoms with Crippen molar-refractivity contribution in [2.45, 2.75) is 45.6 Å². The van der Waals surface area contributed by atoms with Crippen LogP contribution in [0.15, 0.2) is 18.2 Å². The lowest BCUT2D eigenvalue weighted by Gasteiger charge is -2.27. The molecule has 5 nitrogen and oxygen atoms in total. The molecular formula is C18H26N2O3S. The average molecular weight is 350 g/mol. The minimum Gasteiger partial charge on any atom is -0.352 e. The fraction of sp³-hybridized carbons (Fsp3) is 0.611. The fourth-order valence-electron chi connectivity index (χ4n) is 4.19. The Morgan fingerprint density at radius 2 is 2.00 bits per heavy atom. The molecule has 3 atom stereocenters. The smallest absolute Gasteiger partial charge is 0.241 e. The number of rotatable bonds is 5. The van der Waals surface area contributed by atoms with Crippen LogP contribution < -0.4 is 9.62 Å². The quantitative estimate of drug-likeness (QED) is 0.886. The summed E-state index contributed by atoms with van der Waals surface area (Å²) in [7, 11) is -3.52. The van der Waals surface area contributed by atoms with Crippen LogP contribution in [0.5, 0.6) is 0 Å². The molecule has 2 aliphatic carbocycles. The van der Waals surface area contributed by atoms with E-state index in [9.17, 15) is 13.2 Å². The standard InChI is InChI=1S/C18H26N2O3S/c1-12-5-4-6-17(13(12)2)20(24(3,22)23)11-18(21)19-16-10-14-7-8-15(16)9-14/h4-6,14-16H,7-11H2,1-3H3,(H,19,21)/t14-,15-,16+/m1/s1. The second-order valence-corrected chi connectivity index (χ2v) is 9.24. The third-order valence-corrected chi connectivity index (χ3v) is 6.74. The number of hydrogen-bond acceptors (Lipinski definition) is 3. The maximum atomic E-state index is 12.5. The van der Waals surface area contributed by atoms with Crippen LogP contribution in [0.25, 0.3) is 0 Å². The van der Waals surface area contributed by atoms with Gasteiger partial charge in [0.2, 0.25) is 15.9 Å². The van der Waals surface area contributed by atoms with Gasteiger partial charge in [0.25, 0.3) is 0 Å². The van der Waals surface area contributed by atoms with Crippen molar-refractivity contribution in [1.29, 1.82) is 0 Å². The lowest BCUT2D eigenvalue weighted by Crippen LogP contribution is -2.45. The predicted octanol–water partition coefficient (Wildman–Crippen LogP) is 2.37. The van der Waals surface area contributed by atoms with Crippen molar-refractivity contribution in [1.82, 2.24) is 5.32 Å². The molecule has 6 heteroatoms. The summed E-state index contributed by atoms with van der Waals surface area (Å²) in [5.41, 5.74) is 2.48. The molecule has 0 radical (unpaired) electrons. The molecule has 1 aromatic carbocycles. The molecule has 0 heterocycles. The second-order valence-electron chi connectivity index (χ2n) is 7.34. The summed E-state index contributed by atoms with van der Waals surface area (Å²) in [5, 5.41) is 3.07. The normalized spacial score (nSPS) is 25.7. The van der Waals surface area contributed by atoms with Crippen molar-refractivity contribution in [2.75, 3.05) is 17.1 Å². The number of nitrogens with one attached hydrogen (secondary N) is 1. The molecule has 0 saturated heterocycles. The Hall–Kier alpha value is -1.56. The van der Waals surface area contributed by atoms with E-state index < -0.39 is 10.0 Å². The van der Waals surface area contributed by atoms with Gasteiger partial charge in [-0.2, -0.15) is 0 Å². The molecule has 3 rings (SSSR count). The third kappa shape index (κ3) is 3.43. The first-order chi connectivity index (χ1) is 11.3. The molecule has 2 saturated carbocycles. The van der Waals surface area contributed by atoms with E-state index in [0.29, 0.717) is 11.6 Å². The first kappa shape index (κ1) is 17.3. The number of amides is 1. The molecule has 2 bridgehead atoms. The van der Waals surface area contributed by atoms with E-state index in [-0.39, 0.29) is 18.5 Å². The summed E-state index contributed by atoms with van der Waals surface area (Å²) in [6, 6.07) is 5.74. The molecule has 2 fully saturated rings. The molecule has 1 N–H and O–H groups in total. The van der Waals surface area contributed by atoms with Crippen molar-refractivity contribution in [3.8, 4) is 0 Å². The van der Waals surface area contributed by atoms with Gasteiger partial charge in [-0.3, -0.25) is 9.10 Å². The van der Waals surface area contributed by atoms with Crippen molar-refractivity contribution >= 4 is 21.6 Å². The Kier molecular flexibility index (Phi) is 4.60. The number of carbonyl (C=O) groups excluding carboxylic acids is 1. The average Bonchev–Trinajstić information content (AvgIpc) is 3.09. The van der Waals surface area contributed by atoms with Crippen LogP contribution >= 0.6 is 0 Å². The molecule has 0 spiro atoms. The van der Waals surface area contributed by atoms with Crippen LogP contribution in [0.4, 0.5) is 5.69 Å². The number of anilines is 1. The van der Waals surface area contributed by atoms with E-state index in [1.54, 1.807) is 6.07 Å². The first-order valence-corrected chi connectivity index (χ1v) is 10.4. The van der Waals surface area contributed by atoms with Gasteiger partial charge < -0.3 is 5.32 Å². The Morgan fingerprint density at radius 1 is 1.25 bits per heavy atom. The summed E-state index contributed by atoms with van der Waals surface area (Å²) >= 11 is 0. The summed E-state index contributed by atoms with van der Waals surface area (Å²) < 4.78 is 25.7. The van der Waals surface area contributed by atoms with Crippen molar-refractivity contribution < 1.29 is 13.2 Å². The van der Waals surface area contributed by atoms with Gasteiger partial charge in [0, 0.05) is 6.04 Å². The molecular weight excluding hydrogens is 324 g/mol. The Morgan fingerprint density at radius 3 is 2.58 bits per heavy atom. The summed E-state index contributed by atoms with van der Waals surface area (Å²) in [5.74, 6) is 1.11. The van der Waals surface area contributed by atoms with E-state index in [2.05, 4.69) is 5.32 Å². The van der Waals surface area contributed by atoms with Gasteiger partial charge in [-0.1, -0.05) is 18.6 Å². The molecule has 0 aromatic heterocycles. The maximum Gasteiger partial charge on any atom is 0.241 e. The van der Waals surface area contributed by atoms with Gasteiger partial charge in [0.1, 0.15) is 6.54 Å². The van der Waals surface area contributed by atoms with Gasteiger partial charge in [0.15, 0.2) is 0 Å². The monoisotopic (exact) mass is 350 g/mol. The van der Waals surface area contributed by atoms with Gasteiger partial charge >= 0.3 is 0 Å². The molecule has 132 valence electrons. The van der Waals surface area contributed by atoms with Crippen molar-refractivity contribution in [3.63, 3.8) is 0 Å². The maximum absolute atomic E-state index is 12.5. The van der Waals surface area contributed by atoms with E-state index in [1.807, 2.05) is 26.0 Å². The lowest BCUT2D eigenvalue weighted by atomic mass is 9.95. The Labute approximate surface area is 144 Å². The Bertz CT molecular complexity index is 745. The van der Waals surface area contributed by atoms with Gasteiger partial charge in [-0.25, -0.2) is 8.42 Å². The highest BCUT2D eigenvalue weighted by Gasteiger charge is 2.40. The van der Waals surface area contributed by atoms with Crippen LogP contribution in [0.2, 0.25) is 0 Å². The van der Waals surface area contributed by atoms with Crippen molar-refractivity contribution in [2.24, 2.45) is 11.8 Å². The molecule has 0 aliphatic heterocycles. The van der Waals surface area contributed by atoms with E-state index >= 15 is 0 Å². The number of fused-ring (bicyclic) bond motifs is 2. The van der Waals surface area contributed by atoms with Crippen LogP contribution in [-0.4, -0.2) is 33.2 Å². The SMILES string of the molecule is Cc1cccc(N(CC(=O)N[C@H]2C[C@@H]3CC[C@@H]2C3)S(C)(=O)=O)c1C. The topological polar surface area (TPSA) is 66.5 Å². The molecule has 1 amide bonds. The van der Waals surface area contributed by atoms with E-state index in [1.165, 1.54) is 23.6 Å². The fourth-order valence-corrected chi connectivity index (χ4v) is 5.10. The van der Waals surface area contributed by atoms with Crippen molar-refractivity contribution in [3.05, 3.63) is 29.3 Å². The molecule has 2 aliphatic rings. The molecule has 1 aromatic rings. The first-order valence-electron chi connectivity index (χ1n) is 8.59. The Balaban J connectivity index is 1.75. The third-order valence-electron chi connectivity index (χ3n) is 5.62. The summed E-state index contributed by atoms with van der Waals surface area (Å²) in [6.07, 6.45) is 5.85. The number of aryl methyl sites for hydroxylation is 1. The van der Waals surface area contributed by atoms with Gasteiger partial charge in [0.05, 0.1) is 11.9 Å². The highest BCUT2D eigenvalue weighted by Crippen LogP contribution is 2.44. The zero-order valence-corrected chi connectivity index (χ0v) is 15.4. The minimum atomic E-state index is -3.52. The molecule has 24 heavy (non-hydrogen) atoms. The highest BCUT2D eigenvalue weighted by atomic mass is 32.2. The summed E-state index contributed by atoms with van der Waals surface area (Å²) in [4.78, 5) is 12.5.